The number of ether oxygens (including phenoxy) is 1. The van der Waals surface area contributed by atoms with Crippen molar-refractivity contribution in [3.63, 3.8) is 0 Å². The fourth-order valence-electron chi connectivity index (χ4n) is 4.59. The molecule has 1 saturated heterocycles. The lowest BCUT2D eigenvalue weighted by Crippen LogP contribution is -2.31. The summed E-state index contributed by atoms with van der Waals surface area (Å²) in [5.41, 5.74) is 2.03. The van der Waals surface area contributed by atoms with Gasteiger partial charge in [-0.25, -0.2) is 4.39 Å². The van der Waals surface area contributed by atoms with Crippen LogP contribution in [0.4, 0.5) is 15.8 Å². The highest BCUT2D eigenvalue weighted by molar-refractivity contribution is 6.14. The van der Waals surface area contributed by atoms with Gasteiger partial charge in [0.1, 0.15) is 22.6 Å². The summed E-state index contributed by atoms with van der Waals surface area (Å²) in [6.07, 6.45) is 5.80. The van der Waals surface area contributed by atoms with Gasteiger partial charge >= 0.3 is 0 Å². The molecule has 178 valence electrons. The van der Waals surface area contributed by atoms with Crippen LogP contribution in [0.2, 0.25) is 0 Å². The number of nitrogens with zero attached hydrogens (tertiary/aromatic N) is 4. The Balaban J connectivity index is 1.47. The lowest BCUT2D eigenvalue weighted by atomic mass is 9.98. The van der Waals surface area contributed by atoms with Gasteiger partial charge in [-0.15, -0.1) is 0 Å². The molecule has 0 radical (unpaired) electrons. The highest BCUT2D eigenvalue weighted by atomic mass is 19.1. The Hall–Kier alpha value is -3.66. The van der Waals surface area contributed by atoms with E-state index in [1.54, 1.807) is 34.7 Å². The zero-order valence-corrected chi connectivity index (χ0v) is 19.5. The van der Waals surface area contributed by atoms with Crippen LogP contribution in [0, 0.1) is 11.7 Å². The van der Waals surface area contributed by atoms with E-state index in [0.717, 1.165) is 43.4 Å². The van der Waals surface area contributed by atoms with Crippen LogP contribution in [-0.2, 0) is 14.1 Å². The van der Waals surface area contributed by atoms with E-state index in [4.69, 9.17) is 4.74 Å². The molecule has 1 amide bonds. The third kappa shape index (κ3) is 4.16. The van der Waals surface area contributed by atoms with Crippen LogP contribution in [0.5, 0.6) is 5.75 Å². The molecule has 1 aliphatic heterocycles. The molecule has 2 aromatic heterocycles. The SMILES string of the molecule is COc1cc2nn(C)cc2cc1NC(=O)c1c(F)cc(NCC2CCNCC2)c2cn(C)nc12. The van der Waals surface area contributed by atoms with Crippen LogP contribution < -0.4 is 20.7 Å². The molecular weight excluding hydrogens is 437 g/mol. The van der Waals surface area contributed by atoms with E-state index in [-0.39, 0.29) is 5.56 Å². The van der Waals surface area contributed by atoms with E-state index < -0.39 is 11.7 Å². The van der Waals surface area contributed by atoms with Crippen molar-refractivity contribution in [1.29, 1.82) is 0 Å². The van der Waals surface area contributed by atoms with Crippen molar-refractivity contribution in [2.24, 2.45) is 20.0 Å². The van der Waals surface area contributed by atoms with Crippen LogP contribution in [0.25, 0.3) is 21.8 Å². The quantitative estimate of drug-likeness (QED) is 0.404. The minimum atomic E-state index is -0.627. The highest BCUT2D eigenvalue weighted by Gasteiger charge is 2.23. The molecule has 5 rings (SSSR count). The average Bonchev–Trinajstić information content (AvgIpc) is 3.38. The molecule has 10 heteroatoms. The summed E-state index contributed by atoms with van der Waals surface area (Å²) < 4.78 is 24.1. The molecule has 34 heavy (non-hydrogen) atoms. The fraction of sp³-hybridized carbons (Fsp3) is 0.375. The molecular formula is C24H28FN7O2. The predicted molar refractivity (Wildman–Crippen MR) is 130 cm³/mol. The third-order valence-electron chi connectivity index (χ3n) is 6.32. The van der Waals surface area contributed by atoms with E-state index in [0.29, 0.717) is 33.9 Å². The monoisotopic (exact) mass is 465 g/mol. The van der Waals surface area contributed by atoms with Gasteiger partial charge in [0.05, 0.1) is 18.3 Å². The summed E-state index contributed by atoms with van der Waals surface area (Å²) >= 11 is 0. The molecule has 1 fully saturated rings. The summed E-state index contributed by atoms with van der Waals surface area (Å²) in [5.74, 6) is -0.253. The molecule has 3 N–H and O–H groups in total. The van der Waals surface area contributed by atoms with Crippen molar-refractivity contribution in [3.8, 4) is 5.75 Å². The summed E-state index contributed by atoms with van der Waals surface area (Å²) in [6.45, 7) is 2.74. The van der Waals surface area contributed by atoms with Gasteiger partial charge in [0.2, 0.25) is 0 Å². The van der Waals surface area contributed by atoms with Crippen molar-refractivity contribution in [2.75, 3.05) is 37.4 Å². The van der Waals surface area contributed by atoms with Gasteiger partial charge in [0, 0.05) is 55.6 Å². The molecule has 0 aliphatic carbocycles. The van der Waals surface area contributed by atoms with Gasteiger partial charge in [-0.2, -0.15) is 10.2 Å². The average molecular weight is 466 g/mol. The Morgan fingerprint density at radius 1 is 1.15 bits per heavy atom. The number of carbonyl (C=O) groups is 1. The lowest BCUT2D eigenvalue weighted by Gasteiger charge is -2.23. The van der Waals surface area contributed by atoms with Gasteiger partial charge in [-0.05, 0) is 44.0 Å². The molecule has 2 aromatic carbocycles. The topological polar surface area (TPSA) is 98.0 Å². The number of piperidine rings is 1. The number of halogens is 1. The van der Waals surface area contributed by atoms with Crippen molar-refractivity contribution in [2.45, 2.75) is 12.8 Å². The number of hydrogen-bond donors (Lipinski definition) is 3. The summed E-state index contributed by atoms with van der Waals surface area (Å²) in [4.78, 5) is 13.3. The maximum atomic E-state index is 15.3. The molecule has 3 heterocycles. The number of carbonyl (C=O) groups excluding carboxylic acids is 1. The molecule has 9 nitrogen and oxygen atoms in total. The van der Waals surface area contributed by atoms with Gasteiger partial charge < -0.3 is 20.7 Å². The van der Waals surface area contributed by atoms with Crippen LogP contribution in [-0.4, -0.2) is 52.2 Å². The second-order valence-corrected chi connectivity index (χ2v) is 8.79. The Labute approximate surface area is 196 Å². The van der Waals surface area contributed by atoms with Crippen molar-refractivity contribution >= 4 is 39.1 Å². The molecule has 0 bridgehead atoms. The van der Waals surface area contributed by atoms with Crippen molar-refractivity contribution in [1.82, 2.24) is 24.9 Å². The number of hydrogen-bond acceptors (Lipinski definition) is 6. The highest BCUT2D eigenvalue weighted by Crippen LogP contribution is 2.33. The van der Waals surface area contributed by atoms with E-state index in [9.17, 15) is 4.79 Å². The Morgan fingerprint density at radius 2 is 1.91 bits per heavy atom. The number of aryl methyl sites for hydroxylation is 2. The maximum absolute atomic E-state index is 15.3. The number of nitrogens with one attached hydrogen (secondary N) is 3. The van der Waals surface area contributed by atoms with Gasteiger partial charge in [-0.1, -0.05) is 0 Å². The van der Waals surface area contributed by atoms with Crippen molar-refractivity contribution in [3.05, 3.63) is 42.0 Å². The van der Waals surface area contributed by atoms with Crippen LogP contribution in [0.1, 0.15) is 23.2 Å². The fourth-order valence-corrected chi connectivity index (χ4v) is 4.59. The zero-order valence-electron chi connectivity index (χ0n) is 19.5. The second-order valence-electron chi connectivity index (χ2n) is 8.79. The summed E-state index contributed by atoms with van der Waals surface area (Å²) in [7, 11) is 5.09. The second kappa shape index (κ2) is 8.94. The van der Waals surface area contributed by atoms with E-state index >= 15 is 4.39 Å². The smallest absolute Gasteiger partial charge is 0.261 e. The Bertz CT molecular complexity index is 1370. The Kier molecular flexibility index (Phi) is 5.82. The van der Waals surface area contributed by atoms with Crippen LogP contribution in [0.3, 0.4) is 0 Å². The largest absolute Gasteiger partial charge is 0.494 e. The minimum Gasteiger partial charge on any atom is -0.494 e. The van der Waals surface area contributed by atoms with Crippen molar-refractivity contribution < 1.29 is 13.9 Å². The standard InChI is InChI=1S/C24H28FN7O2/c1-31-12-15-8-20(21(34-3)10-18(15)29-31)28-24(33)22-17(25)9-19(16-13-32(2)30-23(16)22)27-11-14-4-6-26-7-5-14/h8-10,12-14,26-27H,4-7,11H2,1-3H3,(H,28,33). The first-order valence-corrected chi connectivity index (χ1v) is 11.4. The number of anilines is 2. The third-order valence-corrected chi connectivity index (χ3v) is 6.32. The maximum Gasteiger partial charge on any atom is 0.261 e. The van der Waals surface area contributed by atoms with Crippen LogP contribution in [0.15, 0.2) is 30.6 Å². The molecule has 0 unspecified atom stereocenters. The molecule has 0 saturated carbocycles. The molecule has 0 atom stereocenters. The number of aromatic nitrogens is 4. The van der Waals surface area contributed by atoms with Gasteiger partial charge in [0.25, 0.3) is 5.91 Å². The number of benzene rings is 2. The van der Waals surface area contributed by atoms with Gasteiger partial charge in [-0.3, -0.25) is 14.2 Å². The predicted octanol–water partition coefficient (Wildman–Crippen LogP) is 3.27. The number of methoxy groups -OCH3 is 1. The Morgan fingerprint density at radius 3 is 2.68 bits per heavy atom. The van der Waals surface area contributed by atoms with Gasteiger partial charge in [0.15, 0.2) is 0 Å². The summed E-state index contributed by atoms with van der Waals surface area (Å²) in [6, 6.07) is 4.90. The minimum absolute atomic E-state index is 0.101. The first kappa shape index (κ1) is 22.1. The lowest BCUT2D eigenvalue weighted by molar-refractivity contribution is 0.102. The van der Waals surface area contributed by atoms with Crippen LogP contribution >= 0.6 is 0 Å². The van der Waals surface area contributed by atoms with E-state index in [1.165, 1.54) is 13.2 Å². The summed E-state index contributed by atoms with van der Waals surface area (Å²) in [5, 5.41) is 19.9. The first-order valence-electron chi connectivity index (χ1n) is 11.4. The number of amides is 1. The number of rotatable bonds is 6. The van der Waals surface area contributed by atoms with E-state index in [1.807, 2.05) is 13.2 Å². The van der Waals surface area contributed by atoms with E-state index in [2.05, 4.69) is 26.1 Å². The molecule has 1 aliphatic rings. The number of fused-ring (bicyclic) bond motifs is 2. The normalized spacial score (nSPS) is 14.6. The molecule has 4 aromatic rings. The zero-order chi connectivity index (χ0) is 23.8. The first-order chi connectivity index (χ1) is 16.4. The molecule has 0 spiro atoms.